The molecular weight excluding hydrogens is 817 g/mol. The van der Waals surface area contributed by atoms with E-state index in [9.17, 15) is 30.6 Å². The van der Waals surface area contributed by atoms with Crippen LogP contribution in [0, 0.1) is 0 Å². The van der Waals surface area contributed by atoms with E-state index in [0.29, 0.717) is 77.2 Å². The number of phenols is 6. The SMILES string of the molecule is Oc1ccc2ccccc2c1-c1c(O)c(-c2cc3ccccc3c(-c3c(O)c(-c4cc5ccccc5c(-c5c(O)ccc6ccccc56)c4O)cc4ccccc34)c2O)cc2ccccc12. The zero-order chi connectivity index (χ0) is 44.8. The molecule has 0 fully saturated rings. The van der Waals surface area contributed by atoms with E-state index in [-0.39, 0.29) is 34.5 Å². The summed E-state index contributed by atoms with van der Waals surface area (Å²) >= 11 is 0. The van der Waals surface area contributed by atoms with Gasteiger partial charge in [-0.05, 0) is 101 Å². The Hall–Kier alpha value is -9.00. The highest BCUT2D eigenvalue weighted by Crippen LogP contribution is 2.57. The average molecular weight is 855 g/mol. The van der Waals surface area contributed by atoms with Gasteiger partial charge in [0.25, 0.3) is 0 Å². The maximum absolute atomic E-state index is 13.0. The highest BCUT2D eigenvalue weighted by molar-refractivity contribution is 6.18. The Bertz CT molecular complexity index is 3760. The van der Waals surface area contributed by atoms with Crippen LogP contribution in [0.15, 0.2) is 194 Å². The molecule has 66 heavy (non-hydrogen) atoms. The predicted molar refractivity (Wildman–Crippen MR) is 269 cm³/mol. The number of fused-ring (bicyclic) bond motifs is 6. The third-order valence-corrected chi connectivity index (χ3v) is 13.2. The van der Waals surface area contributed by atoms with Crippen molar-refractivity contribution >= 4 is 64.6 Å². The second-order valence-corrected chi connectivity index (χ2v) is 16.8. The van der Waals surface area contributed by atoms with Gasteiger partial charge in [-0.1, -0.05) is 158 Å². The number of aromatic hydroxyl groups is 6. The van der Waals surface area contributed by atoms with Crippen LogP contribution < -0.4 is 0 Å². The molecule has 6 heteroatoms. The minimum Gasteiger partial charge on any atom is -0.507 e. The molecule has 12 aromatic rings. The van der Waals surface area contributed by atoms with Gasteiger partial charge in [-0.25, -0.2) is 0 Å². The number of hydrogen-bond acceptors (Lipinski definition) is 6. The molecule has 0 spiro atoms. The zero-order valence-electron chi connectivity index (χ0n) is 35.2. The van der Waals surface area contributed by atoms with Crippen molar-refractivity contribution < 1.29 is 30.6 Å². The van der Waals surface area contributed by atoms with Crippen LogP contribution in [-0.2, 0) is 0 Å². The predicted octanol–water partition coefficient (Wildman–Crippen LogP) is 15.2. The van der Waals surface area contributed by atoms with Crippen molar-refractivity contribution in [3.05, 3.63) is 194 Å². The van der Waals surface area contributed by atoms with Crippen LogP contribution in [0.3, 0.4) is 0 Å². The fraction of sp³-hybridized carbons (Fsp3) is 0. The van der Waals surface area contributed by atoms with Crippen molar-refractivity contribution in [3.8, 4) is 90.1 Å². The Kier molecular flexibility index (Phi) is 8.67. The van der Waals surface area contributed by atoms with Gasteiger partial charge in [-0.15, -0.1) is 0 Å². The topological polar surface area (TPSA) is 121 Å². The van der Waals surface area contributed by atoms with Crippen molar-refractivity contribution in [1.82, 2.24) is 0 Å². The molecule has 0 unspecified atom stereocenters. The number of phenolic OH excluding ortho intramolecular Hbond substituents is 6. The van der Waals surface area contributed by atoms with Crippen LogP contribution in [0.2, 0.25) is 0 Å². The van der Waals surface area contributed by atoms with Crippen LogP contribution in [0.5, 0.6) is 34.5 Å². The molecule has 12 rings (SSSR count). The minimum absolute atomic E-state index is 0.00121. The van der Waals surface area contributed by atoms with E-state index in [2.05, 4.69) is 0 Å². The first-order valence-corrected chi connectivity index (χ1v) is 21.7. The highest BCUT2D eigenvalue weighted by atomic mass is 16.3. The molecule has 0 bridgehead atoms. The van der Waals surface area contributed by atoms with E-state index in [1.807, 2.05) is 182 Å². The first-order valence-electron chi connectivity index (χ1n) is 21.7. The molecule has 0 heterocycles. The van der Waals surface area contributed by atoms with E-state index in [0.717, 1.165) is 43.1 Å². The van der Waals surface area contributed by atoms with Gasteiger partial charge in [-0.2, -0.15) is 0 Å². The molecule has 0 saturated heterocycles. The van der Waals surface area contributed by atoms with Crippen LogP contribution in [0.1, 0.15) is 0 Å². The van der Waals surface area contributed by atoms with Crippen LogP contribution in [0.4, 0.5) is 0 Å². The number of benzene rings is 12. The van der Waals surface area contributed by atoms with E-state index >= 15 is 0 Å². The summed E-state index contributed by atoms with van der Waals surface area (Å²) in [5, 5.41) is 83.4. The monoisotopic (exact) mass is 854 g/mol. The fourth-order valence-electron chi connectivity index (χ4n) is 10.2. The molecule has 12 aromatic carbocycles. The molecule has 6 N–H and O–H groups in total. The van der Waals surface area contributed by atoms with Crippen molar-refractivity contribution in [2.45, 2.75) is 0 Å². The summed E-state index contributed by atoms with van der Waals surface area (Å²) < 4.78 is 0. The van der Waals surface area contributed by atoms with Gasteiger partial charge < -0.3 is 30.6 Å². The summed E-state index contributed by atoms with van der Waals surface area (Å²) in [7, 11) is 0. The zero-order valence-corrected chi connectivity index (χ0v) is 35.2. The van der Waals surface area contributed by atoms with Gasteiger partial charge in [0.2, 0.25) is 0 Å². The lowest BCUT2D eigenvalue weighted by Gasteiger charge is -2.22. The third-order valence-electron chi connectivity index (χ3n) is 13.2. The van der Waals surface area contributed by atoms with Crippen molar-refractivity contribution in [3.63, 3.8) is 0 Å². The Morgan fingerprint density at radius 1 is 0.197 bits per heavy atom. The van der Waals surface area contributed by atoms with Crippen LogP contribution in [0.25, 0.3) is 120 Å². The Morgan fingerprint density at radius 2 is 0.409 bits per heavy atom. The van der Waals surface area contributed by atoms with Gasteiger partial charge in [0.05, 0.1) is 0 Å². The first-order chi connectivity index (χ1) is 32.3. The summed E-state index contributed by atoms with van der Waals surface area (Å²) in [6.45, 7) is 0. The van der Waals surface area contributed by atoms with Crippen molar-refractivity contribution in [2.24, 2.45) is 0 Å². The summed E-state index contributed by atoms with van der Waals surface area (Å²) in [6.07, 6.45) is 0. The lowest BCUT2D eigenvalue weighted by Crippen LogP contribution is -1.94. The average Bonchev–Trinajstić information content (AvgIpc) is 3.34. The second kappa shape index (κ2) is 14.8. The minimum atomic E-state index is -0.186. The van der Waals surface area contributed by atoms with E-state index in [1.165, 1.54) is 0 Å². The van der Waals surface area contributed by atoms with E-state index < -0.39 is 0 Å². The first kappa shape index (κ1) is 38.7. The highest BCUT2D eigenvalue weighted by Gasteiger charge is 2.29. The molecule has 0 aliphatic rings. The maximum atomic E-state index is 13.0. The fourth-order valence-corrected chi connectivity index (χ4v) is 10.2. The Labute approximate surface area is 378 Å². The summed E-state index contributed by atoms with van der Waals surface area (Å²) in [4.78, 5) is 0. The third kappa shape index (κ3) is 5.75. The van der Waals surface area contributed by atoms with Crippen LogP contribution >= 0.6 is 0 Å². The molecule has 0 aromatic heterocycles. The molecule has 0 radical (unpaired) electrons. The standard InChI is InChI=1S/C60H38O6/c61-49-27-25-33-13-1-7-19-39(33)51(49)53-41-21-9-3-15-35(41)29-45(57(53)63)47-31-37-17-5-11-23-43(37)55(59(47)65)56-44-24-12-6-18-38(44)32-48(60(56)66)46-30-36-16-4-10-22-42(36)54(58(46)64)52-40-20-8-2-14-34(40)26-28-50(52)62/h1-32,61-66H. The normalized spacial score (nSPS) is 11.7. The number of rotatable bonds is 5. The molecule has 0 atom stereocenters. The van der Waals surface area contributed by atoms with E-state index in [1.54, 1.807) is 12.1 Å². The maximum Gasteiger partial charge on any atom is 0.132 e. The lowest BCUT2D eigenvalue weighted by atomic mass is 9.83. The van der Waals surface area contributed by atoms with Crippen molar-refractivity contribution in [1.29, 1.82) is 0 Å². The molecule has 314 valence electrons. The molecule has 0 amide bonds. The van der Waals surface area contributed by atoms with Gasteiger partial charge in [0.1, 0.15) is 34.5 Å². The second-order valence-electron chi connectivity index (χ2n) is 16.8. The van der Waals surface area contributed by atoms with Gasteiger partial charge in [0.15, 0.2) is 0 Å². The van der Waals surface area contributed by atoms with Crippen molar-refractivity contribution in [2.75, 3.05) is 0 Å². The smallest absolute Gasteiger partial charge is 0.132 e. The van der Waals surface area contributed by atoms with Gasteiger partial charge in [-0.3, -0.25) is 0 Å². The largest absolute Gasteiger partial charge is 0.507 e. The summed E-state index contributed by atoms with van der Waals surface area (Å²) in [6, 6.07) is 60.2. The Morgan fingerprint density at radius 3 is 0.682 bits per heavy atom. The van der Waals surface area contributed by atoms with Crippen LogP contribution in [-0.4, -0.2) is 30.6 Å². The molecular formula is C60H38O6. The molecule has 0 saturated carbocycles. The van der Waals surface area contributed by atoms with Gasteiger partial charge in [0, 0.05) is 55.6 Å². The Balaban J connectivity index is 1.17. The summed E-state index contributed by atoms with van der Waals surface area (Å²) in [5.41, 5.74) is 3.69. The van der Waals surface area contributed by atoms with E-state index in [4.69, 9.17) is 0 Å². The quantitative estimate of drug-likeness (QED) is 0.103. The molecule has 6 nitrogen and oxygen atoms in total. The molecule has 0 aliphatic carbocycles. The van der Waals surface area contributed by atoms with Gasteiger partial charge >= 0.3 is 0 Å². The lowest BCUT2D eigenvalue weighted by molar-refractivity contribution is 0.466. The molecule has 0 aliphatic heterocycles. The summed E-state index contributed by atoms with van der Waals surface area (Å²) in [5.74, 6) is -0.643. The number of hydrogen-bond donors (Lipinski definition) is 6.